The monoisotopic (exact) mass is 250 g/mol. The smallest absolute Gasteiger partial charge is 0.220 e. The SMILES string of the molecule is O=C1CCC(CC(=O)NCC2CC=CCC2)CN1. The molecule has 1 aliphatic carbocycles. The zero-order valence-corrected chi connectivity index (χ0v) is 10.8. The Balaban J connectivity index is 1.62. The van der Waals surface area contributed by atoms with Crippen molar-refractivity contribution in [1.82, 2.24) is 10.6 Å². The van der Waals surface area contributed by atoms with E-state index in [1.807, 2.05) is 0 Å². The highest BCUT2D eigenvalue weighted by Crippen LogP contribution is 2.18. The lowest BCUT2D eigenvalue weighted by Gasteiger charge is -2.23. The Bertz CT molecular complexity index is 329. The van der Waals surface area contributed by atoms with Gasteiger partial charge in [-0.2, -0.15) is 0 Å². The van der Waals surface area contributed by atoms with Gasteiger partial charge in [-0.05, 0) is 37.5 Å². The lowest BCUT2D eigenvalue weighted by Crippen LogP contribution is -2.38. The predicted octanol–water partition coefficient (Wildman–Crippen LogP) is 1.38. The summed E-state index contributed by atoms with van der Waals surface area (Å²) in [6.45, 7) is 1.45. The van der Waals surface area contributed by atoms with E-state index in [0.717, 1.165) is 25.8 Å². The summed E-state index contributed by atoms with van der Waals surface area (Å²) in [5.41, 5.74) is 0. The van der Waals surface area contributed by atoms with Crippen molar-refractivity contribution >= 4 is 11.8 Å². The second-order valence-electron chi connectivity index (χ2n) is 5.37. The van der Waals surface area contributed by atoms with E-state index in [-0.39, 0.29) is 11.8 Å². The summed E-state index contributed by atoms with van der Waals surface area (Å²) in [4.78, 5) is 22.8. The molecule has 0 aromatic carbocycles. The van der Waals surface area contributed by atoms with Gasteiger partial charge >= 0.3 is 0 Å². The minimum Gasteiger partial charge on any atom is -0.356 e. The van der Waals surface area contributed by atoms with E-state index in [1.165, 1.54) is 6.42 Å². The van der Waals surface area contributed by atoms with Gasteiger partial charge in [-0.15, -0.1) is 0 Å². The highest BCUT2D eigenvalue weighted by Gasteiger charge is 2.21. The molecule has 2 unspecified atom stereocenters. The first kappa shape index (κ1) is 13.1. The molecule has 100 valence electrons. The summed E-state index contributed by atoms with van der Waals surface area (Å²) < 4.78 is 0. The van der Waals surface area contributed by atoms with Crippen LogP contribution in [-0.2, 0) is 9.59 Å². The average Bonchev–Trinajstić information content (AvgIpc) is 2.40. The molecule has 1 fully saturated rings. The Morgan fingerprint density at radius 1 is 1.33 bits per heavy atom. The van der Waals surface area contributed by atoms with Gasteiger partial charge in [0.2, 0.25) is 11.8 Å². The van der Waals surface area contributed by atoms with E-state index in [1.54, 1.807) is 0 Å². The number of allylic oxidation sites excluding steroid dienone is 2. The van der Waals surface area contributed by atoms with Gasteiger partial charge in [-0.3, -0.25) is 9.59 Å². The molecule has 2 rings (SSSR count). The van der Waals surface area contributed by atoms with Crippen molar-refractivity contribution in [3.05, 3.63) is 12.2 Å². The summed E-state index contributed by atoms with van der Waals surface area (Å²) in [6.07, 6.45) is 9.75. The quantitative estimate of drug-likeness (QED) is 0.740. The van der Waals surface area contributed by atoms with Crippen LogP contribution in [0.4, 0.5) is 0 Å². The van der Waals surface area contributed by atoms with Gasteiger partial charge in [-0.1, -0.05) is 12.2 Å². The van der Waals surface area contributed by atoms with Crippen LogP contribution >= 0.6 is 0 Å². The van der Waals surface area contributed by atoms with Crippen LogP contribution in [-0.4, -0.2) is 24.9 Å². The Morgan fingerprint density at radius 3 is 2.89 bits per heavy atom. The van der Waals surface area contributed by atoms with Crippen molar-refractivity contribution in [2.45, 2.75) is 38.5 Å². The highest BCUT2D eigenvalue weighted by atomic mass is 16.2. The summed E-state index contributed by atoms with van der Waals surface area (Å²) in [5, 5.41) is 5.84. The Morgan fingerprint density at radius 2 is 2.22 bits per heavy atom. The standard InChI is InChI=1S/C14H22N2O2/c17-13-7-6-12(10-15-13)8-14(18)16-9-11-4-2-1-3-5-11/h1-2,11-12H,3-10H2,(H,15,17)(H,16,18). The van der Waals surface area contributed by atoms with Crippen molar-refractivity contribution in [2.24, 2.45) is 11.8 Å². The van der Waals surface area contributed by atoms with Gasteiger partial charge in [0, 0.05) is 25.9 Å². The molecule has 2 aliphatic rings. The second-order valence-corrected chi connectivity index (χ2v) is 5.37. The Labute approximate surface area is 108 Å². The second kappa shape index (κ2) is 6.57. The summed E-state index contributed by atoms with van der Waals surface area (Å²) in [5.74, 6) is 1.16. The van der Waals surface area contributed by atoms with Crippen molar-refractivity contribution in [3.63, 3.8) is 0 Å². The largest absolute Gasteiger partial charge is 0.356 e. The van der Waals surface area contributed by atoms with Crippen molar-refractivity contribution in [3.8, 4) is 0 Å². The minimum atomic E-state index is 0.112. The molecule has 0 saturated carbocycles. The van der Waals surface area contributed by atoms with Crippen LogP contribution in [0.15, 0.2) is 12.2 Å². The summed E-state index contributed by atoms with van der Waals surface area (Å²) in [6, 6.07) is 0. The first-order chi connectivity index (χ1) is 8.74. The van der Waals surface area contributed by atoms with Crippen molar-refractivity contribution in [2.75, 3.05) is 13.1 Å². The van der Waals surface area contributed by atoms with Gasteiger partial charge in [0.25, 0.3) is 0 Å². The number of amides is 2. The molecule has 18 heavy (non-hydrogen) atoms. The number of carbonyl (C=O) groups excluding carboxylic acids is 2. The van der Waals surface area contributed by atoms with Crippen molar-refractivity contribution in [1.29, 1.82) is 0 Å². The number of rotatable bonds is 4. The maximum atomic E-state index is 11.8. The number of carbonyl (C=O) groups is 2. The third-order valence-corrected chi connectivity index (χ3v) is 3.81. The Kier molecular flexibility index (Phi) is 4.79. The van der Waals surface area contributed by atoms with Crippen LogP contribution in [0.2, 0.25) is 0 Å². The number of hydrogen-bond donors (Lipinski definition) is 2. The average molecular weight is 250 g/mol. The van der Waals surface area contributed by atoms with Crippen molar-refractivity contribution < 1.29 is 9.59 Å². The molecule has 2 N–H and O–H groups in total. The molecule has 0 bridgehead atoms. The van der Waals surface area contributed by atoms with Crippen LogP contribution in [0.5, 0.6) is 0 Å². The maximum Gasteiger partial charge on any atom is 0.220 e. The zero-order chi connectivity index (χ0) is 12.8. The van der Waals surface area contributed by atoms with E-state index < -0.39 is 0 Å². The fourth-order valence-corrected chi connectivity index (χ4v) is 2.59. The highest BCUT2D eigenvalue weighted by molar-refractivity contribution is 5.78. The third kappa shape index (κ3) is 4.17. The molecule has 2 amide bonds. The molecule has 0 aromatic heterocycles. The van der Waals surface area contributed by atoms with Gasteiger partial charge < -0.3 is 10.6 Å². The molecular weight excluding hydrogens is 228 g/mol. The van der Waals surface area contributed by atoms with Crippen LogP contribution in [0.3, 0.4) is 0 Å². The number of nitrogens with one attached hydrogen (secondary N) is 2. The number of hydrogen-bond acceptors (Lipinski definition) is 2. The van der Waals surface area contributed by atoms with E-state index >= 15 is 0 Å². The lowest BCUT2D eigenvalue weighted by molar-refractivity contribution is -0.126. The van der Waals surface area contributed by atoms with Crippen LogP contribution in [0.1, 0.15) is 38.5 Å². The Hall–Kier alpha value is -1.32. The summed E-state index contributed by atoms with van der Waals surface area (Å²) >= 11 is 0. The van der Waals surface area contributed by atoms with Crippen LogP contribution in [0.25, 0.3) is 0 Å². The topological polar surface area (TPSA) is 58.2 Å². The van der Waals surface area contributed by atoms with Crippen LogP contribution in [0, 0.1) is 11.8 Å². The predicted molar refractivity (Wildman–Crippen MR) is 69.8 cm³/mol. The maximum absolute atomic E-state index is 11.8. The van der Waals surface area contributed by atoms with Gasteiger partial charge in [0.15, 0.2) is 0 Å². The van der Waals surface area contributed by atoms with E-state index in [2.05, 4.69) is 22.8 Å². The lowest BCUT2D eigenvalue weighted by atomic mass is 9.93. The third-order valence-electron chi connectivity index (χ3n) is 3.81. The summed E-state index contributed by atoms with van der Waals surface area (Å²) in [7, 11) is 0. The van der Waals surface area contributed by atoms with E-state index in [0.29, 0.717) is 31.2 Å². The fraction of sp³-hybridized carbons (Fsp3) is 0.714. The van der Waals surface area contributed by atoms with Gasteiger partial charge in [-0.25, -0.2) is 0 Å². The van der Waals surface area contributed by atoms with E-state index in [9.17, 15) is 9.59 Å². The molecule has 0 radical (unpaired) electrons. The van der Waals surface area contributed by atoms with Crippen LogP contribution < -0.4 is 10.6 Å². The first-order valence-corrected chi connectivity index (χ1v) is 6.92. The zero-order valence-electron chi connectivity index (χ0n) is 10.8. The first-order valence-electron chi connectivity index (χ1n) is 6.92. The molecule has 1 aliphatic heterocycles. The minimum absolute atomic E-state index is 0.112. The molecular formula is C14H22N2O2. The fourth-order valence-electron chi connectivity index (χ4n) is 2.59. The molecule has 0 spiro atoms. The van der Waals surface area contributed by atoms with Gasteiger partial charge in [0.1, 0.15) is 0 Å². The molecule has 4 heteroatoms. The molecule has 0 aromatic rings. The molecule has 4 nitrogen and oxygen atoms in total. The van der Waals surface area contributed by atoms with Gasteiger partial charge in [0.05, 0.1) is 0 Å². The normalized spacial score (nSPS) is 27.7. The molecule has 2 atom stereocenters. The van der Waals surface area contributed by atoms with E-state index in [4.69, 9.17) is 0 Å². The molecule has 1 heterocycles. The molecule has 1 saturated heterocycles. The number of piperidine rings is 1.